The molecule has 1 saturated heterocycles. The van der Waals surface area contributed by atoms with E-state index in [0.29, 0.717) is 12.1 Å². The van der Waals surface area contributed by atoms with Gasteiger partial charge in [-0.3, -0.25) is 4.90 Å². The van der Waals surface area contributed by atoms with Crippen LogP contribution in [0.15, 0.2) is 29.6 Å². The van der Waals surface area contributed by atoms with Crippen molar-refractivity contribution >= 4 is 21.4 Å². The van der Waals surface area contributed by atoms with Gasteiger partial charge in [-0.15, -0.1) is 11.3 Å². The Balaban J connectivity index is 1.83. The average Bonchev–Trinajstić information content (AvgIpc) is 2.78. The number of thiophene rings is 1. The van der Waals surface area contributed by atoms with Crippen LogP contribution in [0.25, 0.3) is 10.1 Å². The third-order valence-electron chi connectivity index (χ3n) is 3.83. The van der Waals surface area contributed by atoms with Gasteiger partial charge >= 0.3 is 0 Å². The number of rotatable bonds is 2. The lowest BCUT2D eigenvalue weighted by molar-refractivity contribution is 0.139. The van der Waals surface area contributed by atoms with Crippen LogP contribution in [0, 0.1) is 0 Å². The lowest BCUT2D eigenvalue weighted by atomic mass is 10.1. The molecule has 0 radical (unpaired) electrons. The van der Waals surface area contributed by atoms with Crippen molar-refractivity contribution in [2.75, 3.05) is 13.1 Å². The zero-order chi connectivity index (χ0) is 12.5. The molecule has 1 aliphatic heterocycles. The smallest absolute Gasteiger partial charge is 0.0346 e. The normalized spacial score (nSPS) is 25.7. The van der Waals surface area contributed by atoms with Gasteiger partial charge in [-0.2, -0.15) is 0 Å². The van der Waals surface area contributed by atoms with Gasteiger partial charge in [0.15, 0.2) is 0 Å². The highest BCUT2D eigenvalue weighted by atomic mass is 32.1. The fourth-order valence-corrected chi connectivity index (χ4v) is 3.65. The Morgan fingerprint density at radius 2 is 2.17 bits per heavy atom. The second-order valence-electron chi connectivity index (χ2n) is 5.34. The third-order valence-corrected chi connectivity index (χ3v) is 4.84. The van der Waals surface area contributed by atoms with Gasteiger partial charge in [-0.1, -0.05) is 18.2 Å². The minimum Gasteiger partial charge on any atom is -0.311 e. The summed E-state index contributed by atoms with van der Waals surface area (Å²) >= 11 is 1.86. The lowest BCUT2D eigenvalue weighted by Crippen LogP contribution is -2.53. The highest BCUT2D eigenvalue weighted by molar-refractivity contribution is 7.17. The lowest BCUT2D eigenvalue weighted by Gasteiger charge is -2.37. The molecule has 2 atom stereocenters. The third kappa shape index (κ3) is 2.30. The first-order valence-electron chi connectivity index (χ1n) is 6.66. The molecule has 0 bridgehead atoms. The van der Waals surface area contributed by atoms with Gasteiger partial charge in [0.05, 0.1) is 0 Å². The number of piperazine rings is 1. The van der Waals surface area contributed by atoms with Crippen molar-refractivity contribution in [3.63, 3.8) is 0 Å². The summed E-state index contributed by atoms with van der Waals surface area (Å²) in [7, 11) is 0. The molecule has 2 heterocycles. The van der Waals surface area contributed by atoms with E-state index in [4.69, 9.17) is 0 Å². The summed E-state index contributed by atoms with van der Waals surface area (Å²) in [6.45, 7) is 7.91. The Labute approximate surface area is 113 Å². The van der Waals surface area contributed by atoms with Gasteiger partial charge in [0.1, 0.15) is 0 Å². The Kier molecular flexibility index (Phi) is 3.37. The summed E-state index contributed by atoms with van der Waals surface area (Å²) in [5.74, 6) is 0. The minimum absolute atomic E-state index is 0.603. The van der Waals surface area contributed by atoms with Crippen LogP contribution in [0.5, 0.6) is 0 Å². The molecule has 3 heteroatoms. The highest BCUT2D eigenvalue weighted by Crippen LogP contribution is 2.27. The Hall–Kier alpha value is -0.900. The Morgan fingerprint density at radius 3 is 3.06 bits per heavy atom. The van der Waals surface area contributed by atoms with E-state index in [9.17, 15) is 0 Å². The molecule has 1 aromatic heterocycles. The second kappa shape index (κ2) is 5.00. The molecule has 1 aliphatic rings. The predicted molar refractivity (Wildman–Crippen MR) is 79.2 cm³/mol. The van der Waals surface area contributed by atoms with Crippen molar-refractivity contribution in [2.24, 2.45) is 0 Å². The molecule has 2 aromatic rings. The molecule has 96 valence electrons. The zero-order valence-corrected chi connectivity index (χ0v) is 11.8. The monoisotopic (exact) mass is 260 g/mol. The van der Waals surface area contributed by atoms with Crippen LogP contribution in [-0.4, -0.2) is 30.1 Å². The van der Waals surface area contributed by atoms with Gasteiger partial charge in [-0.25, -0.2) is 0 Å². The molecule has 0 aliphatic carbocycles. The first-order chi connectivity index (χ1) is 8.74. The summed E-state index contributed by atoms with van der Waals surface area (Å²) in [4.78, 5) is 2.59. The number of hydrogen-bond acceptors (Lipinski definition) is 3. The quantitative estimate of drug-likeness (QED) is 0.892. The van der Waals surface area contributed by atoms with E-state index in [0.717, 1.165) is 19.6 Å². The topological polar surface area (TPSA) is 15.3 Å². The summed E-state index contributed by atoms with van der Waals surface area (Å²) < 4.78 is 1.41. The standard InChI is InChI=1S/C15H20N2S/c1-11-8-17(12(2)7-16-11)9-13-10-18-15-6-4-3-5-14(13)15/h3-6,10-12,16H,7-9H2,1-2H3. The van der Waals surface area contributed by atoms with Crippen molar-refractivity contribution in [2.45, 2.75) is 32.5 Å². The van der Waals surface area contributed by atoms with E-state index in [2.05, 4.69) is 53.7 Å². The molecule has 2 nitrogen and oxygen atoms in total. The van der Waals surface area contributed by atoms with Crippen molar-refractivity contribution in [3.05, 3.63) is 35.2 Å². The van der Waals surface area contributed by atoms with Crippen molar-refractivity contribution < 1.29 is 0 Å². The minimum atomic E-state index is 0.603. The number of fused-ring (bicyclic) bond motifs is 1. The molecule has 1 N–H and O–H groups in total. The SMILES string of the molecule is CC1CN(Cc2csc3ccccc23)C(C)CN1. The van der Waals surface area contributed by atoms with Gasteiger partial charge in [0, 0.05) is 36.4 Å². The zero-order valence-electron chi connectivity index (χ0n) is 11.0. The van der Waals surface area contributed by atoms with Crippen LogP contribution >= 0.6 is 11.3 Å². The maximum Gasteiger partial charge on any atom is 0.0346 e. The molecular formula is C15H20N2S. The largest absolute Gasteiger partial charge is 0.311 e. The van der Waals surface area contributed by atoms with Gasteiger partial charge in [-0.05, 0) is 36.2 Å². The molecule has 0 amide bonds. The van der Waals surface area contributed by atoms with Gasteiger partial charge in [0.25, 0.3) is 0 Å². The van der Waals surface area contributed by atoms with E-state index in [1.807, 2.05) is 11.3 Å². The summed E-state index contributed by atoms with van der Waals surface area (Å²) in [6, 6.07) is 9.96. The van der Waals surface area contributed by atoms with Gasteiger partial charge < -0.3 is 5.32 Å². The Morgan fingerprint density at radius 1 is 1.33 bits per heavy atom. The van der Waals surface area contributed by atoms with E-state index in [1.54, 1.807) is 0 Å². The van der Waals surface area contributed by atoms with Crippen molar-refractivity contribution in [3.8, 4) is 0 Å². The Bertz CT molecular complexity index is 534. The van der Waals surface area contributed by atoms with E-state index in [-0.39, 0.29) is 0 Å². The molecule has 0 spiro atoms. The maximum atomic E-state index is 3.54. The first-order valence-corrected chi connectivity index (χ1v) is 7.54. The summed E-state index contributed by atoms with van der Waals surface area (Å²) in [5.41, 5.74) is 1.48. The molecule has 3 rings (SSSR count). The molecule has 18 heavy (non-hydrogen) atoms. The summed E-state index contributed by atoms with van der Waals surface area (Å²) in [6.07, 6.45) is 0. The number of benzene rings is 1. The predicted octanol–water partition coefficient (Wildman–Crippen LogP) is 3.08. The summed E-state index contributed by atoms with van der Waals surface area (Å²) in [5, 5.41) is 7.29. The van der Waals surface area contributed by atoms with E-state index < -0.39 is 0 Å². The van der Waals surface area contributed by atoms with Crippen LogP contribution in [0.2, 0.25) is 0 Å². The van der Waals surface area contributed by atoms with Crippen LogP contribution in [0.3, 0.4) is 0 Å². The average molecular weight is 260 g/mol. The van der Waals surface area contributed by atoms with E-state index in [1.165, 1.54) is 15.6 Å². The second-order valence-corrected chi connectivity index (χ2v) is 6.26. The molecule has 0 saturated carbocycles. The first kappa shape index (κ1) is 12.2. The number of hydrogen-bond donors (Lipinski definition) is 1. The van der Waals surface area contributed by atoms with Crippen molar-refractivity contribution in [1.29, 1.82) is 0 Å². The fraction of sp³-hybridized carbons (Fsp3) is 0.467. The molecule has 2 unspecified atom stereocenters. The molecule has 1 fully saturated rings. The van der Waals surface area contributed by atoms with Crippen LogP contribution < -0.4 is 5.32 Å². The van der Waals surface area contributed by atoms with E-state index >= 15 is 0 Å². The van der Waals surface area contributed by atoms with Crippen LogP contribution in [0.4, 0.5) is 0 Å². The van der Waals surface area contributed by atoms with Gasteiger partial charge in [0.2, 0.25) is 0 Å². The van der Waals surface area contributed by atoms with Crippen LogP contribution in [0.1, 0.15) is 19.4 Å². The van der Waals surface area contributed by atoms with Crippen molar-refractivity contribution in [1.82, 2.24) is 10.2 Å². The molecular weight excluding hydrogens is 240 g/mol. The number of nitrogens with one attached hydrogen (secondary N) is 1. The molecule has 1 aromatic carbocycles. The fourth-order valence-electron chi connectivity index (χ4n) is 2.69. The van der Waals surface area contributed by atoms with Crippen LogP contribution in [-0.2, 0) is 6.54 Å². The maximum absolute atomic E-state index is 3.54. The highest BCUT2D eigenvalue weighted by Gasteiger charge is 2.22. The number of nitrogens with zero attached hydrogens (tertiary/aromatic N) is 1.